The van der Waals surface area contributed by atoms with Crippen LogP contribution in [0, 0.1) is 0 Å². The Hall–Kier alpha value is -1.10. The molecule has 1 aliphatic carbocycles. The Balaban J connectivity index is 2.13. The normalized spacial score (nSPS) is 23.3. The molecule has 0 saturated heterocycles. The molecule has 0 aromatic heterocycles. The Kier molecular flexibility index (Phi) is 9.06. The van der Waals surface area contributed by atoms with Crippen molar-refractivity contribution in [3.8, 4) is 0 Å². The molecule has 1 rings (SSSR count). The Morgan fingerprint density at radius 1 is 1.14 bits per heavy atom. The zero-order valence-electron chi connectivity index (χ0n) is 13.2. The van der Waals surface area contributed by atoms with Crippen LogP contribution >= 0.6 is 0 Å². The Morgan fingerprint density at radius 3 is 2.43 bits per heavy atom. The molecule has 122 valence electrons. The molecule has 5 heteroatoms. The van der Waals surface area contributed by atoms with E-state index in [1.54, 1.807) is 6.92 Å². The molecule has 1 atom stereocenters. The van der Waals surface area contributed by atoms with Gasteiger partial charge in [-0.25, -0.2) is 4.79 Å². The summed E-state index contributed by atoms with van der Waals surface area (Å²) in [6, 6.07) is 0. The highest BCUT2D eigenvalue weighted by atomic mass is 16.6. The van der Waals surface area contributed by atoms with Gasteiger partial charge < -0.3 is 14.2 Å². The predicted molar refractivity (Wildman–Crippen MR) is 78.8 cm³/mol. The largest absolute Gasteiger partial charge is 0.465 e. The molecule has 1 unspecified atom stereocenters. The van der Waals surface area contributed by atoms with Gasteiger partial charge in [-0.3, -0.25) is 4.79 Å². The summed E-state index contributed by atoms with van der Waals surface area (Å²) in [4.78, 5) is 22.2. The maximum absolute atomic E-state index is 11.9. The minimum atomic E-state index is -0.504. The van der Waals surface area contributed by atoms with E-state index in [4.69, 9.17) is 14.2 Å². The van der Waals surface area contributed by atoms with E-state index in [2.05, 4.69) is 6.92 Å². The number of ether oxygens (including phenoxy) is 3. The molecule has 1 fully saturated rings. The molecule has 0 bridgehead atoms. The van der Waals surface area contributed by atoms with E-state index in [0.29, 0.717) is 13.1 Å². The Bertz CT molecular complexity index is 297. The topological polar surface area (TPSA) is 61.8 Å². The maximum atomic E-state index is 11.9. The SMILES string of the molecule is CCCCCCOC(C)C(=O)OC1CCC(OC=O)CC1. The van der Waals surface area contributed by atoms with E-state index >= 15 is 0 Å². The highest BCUT2D eigenvalue weighted by Crippen LogP contribution is 2.23. The quantitative estimate of drug-likeness (QED) is 0.352. The van der Waals surface area contributed by atoms with E-state index in [1.807, 2.05) is 0 Å². The summed E-state index contributed by atoms with van der Waals surface area (Å²) >= 11 is 0. The highest BCUT2D eigenvalue weighted by molar-refractivity contribution is 5.74. The van der Waals surface area contributed by atoms with Gasteiger partial charge in [-0.2, -0.15) is 0 Å². The first-order valence-electron chi connectivity index (χ1n) is 8.08. The second-order valence-corrected chi connectivity index (χ2v) is 5.64. The summed E-state index contributed by atoms with van der Waals surface area (Å²) in [5.74, 6) is -0.287. The fourth-order valence-electron chi connectivity index (χ4n) is 2.48. The molecule has 0 aliphatic heterocycles. The van der Waals surface area contributed by atoms with Crippen LogP contribution in [0.3, 0.4) is 0 Å². The third-order valence-electron chi connectivity index (χ3n) is 3.85. The van der Waals surface area contributed by atoms with Crippen molar-refractivity contribution in [3.63, 3.8) is 0 Å². The van der Waals surface area contributed by atoms with E-state index in [0.717, 1.165) is 38.5 Å². The molecule has 0 spiro atoms. The number of unbranched alkanes of at least 4 members (excludes halogenated alkanes) is 3. The standard InChI is InChI=1S/C16H28O5/c1-3-4-5-6-11-19-13(2)16(18)21-15-9-7-14(8-10-15)20-12-17/h12-15H,3-11H2,1-2H3. The lowest BCUT2D eigenvalue weighted by Gasteiger charge is -2.27. The zero-order chi connectivity index (χ0) is 15.5. The first-order valence-corrected chi connectivity index (χ1v) is 8.08. The average Bonchev–Trinajstić information content (AvgIpc) is 2.49. The molecular weight excluding hydrogens is 272 g/mol. The van der Waals surface area contributed by atoms with Crippen LogP contribution in [0.4, 0.5) is 0 Å². The minimum absolute atomic E-state index is 0.0234. The van der Waals surface area contributed by atoms with Crippen molar-refractivity contribution in [2.75, 3.05) is 6.61 Å². The molecule has 0 amide bonds. The predicted octanol–water partition coefficient (Wildman–Crippen LogP) is 3.00. The Labute approximate surface area is 127 Å². The Morgan fingerprint density at radius 2 is 1.81 bits per heavy atom. The molecule has 0 radical (unpaired) electrons. The first kappa shape index (κ1) is 18.0. The molecule has 0 aromatic carbocycles. The molecule has 1 saturated carbocycles. The molecule has 0 heterocycles. The van der Waals surface area contributed by atoms with Gasteiger partial charge in [-0.05, 0) is 39.0 Å². The fraction of sp³-hybridized carbons (Fsp3) is 0.875. The number of hydrogen-bond donors (Lipinski definition) is 0. The van der Waals surface area contributed by atoms with Crippen molar-refractivity contribution in [2.24, 2.45) is 0 Å². The number of rotatable bonds is 10. The first-order chi connectivity index (χ1) is 10.2. The minimum Gasteiger partial charge on any atom is -0.465 e. The lowest BCUT2D eigenvalue weighted by atomic mass is 9.95. The van der Waals surface area contributed by atoms with Gasteiger partial charge in [0.1, 0.15) is 12.2 Å². The van der Waals surface area contributed by atoms with Crippen molar-refractivity contribution in [1.82, 2.24) is 0 Å². The van der Waals surface area contributed by atoms with Gasteiger partial charge in [0.15, 0.2) is 6.10 Å². The van der Waals surface area contributed by atoms with Crippen LogP contribution < -0.4 is 0 Å². The lowest BCUT2D eigenvalue weighted by Crippen LogP contribution is -2.32. The molecule has 0 N–H and O–H groups in total. The van der Waals surface area contributed by atoms with Gasteiger partial charge in [0.05, 0.1) is 0 Å². The summed E-state index contributed by atoms with van der Waals surface area (Å²) in [7, 11) is 0. The van der Waals surface area contributed by atoms with Crippen LogP contribution in [0.1, 0.15) is 65.2 Å². The van der Waals surface area contributed by atoms with E-state index in [1.165, 1.54) is 12.8 Å². The summed E-state index contributed by atoms with van der Waals surface area (Å²) in [6.45, 7) is 5.00. The highest BCUT2D eigenvalue weighted by Gasteiger charge is 2.26. The summed E-state index contributed by atoms with van der Waals surface area (Å²) in [5.41, 5.74) is 0. The van der Waals surface area contributed by atoms with Crippen LogP contribution in [0.2, 0.25) is 0 Å². The van der Waals surface area contributed by atoms with Crippen molar-refractivity contribution >= 4 is 12.4 Å². The fourth-order valence-corrected chi connectivity index (χ4v) is 2.48. The van der Waals surface area contributed by atoms with Crippen LogP contribution in [0.15, 0.2) is 0 Å². The third kappa shape index (κ3) is 7.46. The van der Waals surface area contributed by atoms with Gasteiger partial charge in [0, 0.05) is 6.61 Å². The van der Waals surface area contributed by atoms with Crippen molar-refractivity contribution in [1.29, 1.82) is 0 Å². The second-order valence-electron chi connectivity index (χ2n) is 5.64. The second kappa shape index (κ2) is 10.6. The van der Waals surface area contributed by atoms with Gasteiger partial charge in [0.25, 0.3) is 6.47 Å². The molecule has 0 aromatic rings. The van der Waals surface area contributed by atoms with Crippen molar-refractivity contribution in [3.05, 3.63) is 0 Å². The van der Waals surface area contributed by atoms with E-state index in [9.17, 15) is 9.59 Å². The smallest absolute Gasteiger partial charge is 0.335 e. The van der Waals surface area contributed by atoms with E-state index < -0.39 is 6.10 Å². The van der Waals surface area contributed by atoms with Gasteiger partial charge in [0.2, 0.25) is 0 Å². The number of esters is 1. The van der Waals surface area contributed by atoms with Crippen LogP contribution in [0.5, 0.6) is 0 Å². The van der Waals surface area contributed by atoms with Gasteiger partial charge in [-0.1, -0.05) is 26.2 Å². The van der Waals surface area contributed by atoms with E-state index in [-0.39, 0.29) is 18.2 Å². The van der Waals surface area contributed by atoms with Crippen LogP contribution in [0.25, 0.3) is 0 Å². The number of carbonyl (C=O) groups excluding carboxylic acids is 2. The van der Waals surface area contributed by atoms with Crippen LogP contribution in [-0.2, 0) is 23.8 Å². The van der Waals surface area contributed by atoms with Crippen molar-refractivity contribution < 1.29 is 23.8 Å². The third-order valence-corrected chi connectivity index (χ3v) is 3.85. The molecule has 1 aliphatic rings. The van der Waals surface area contributed by atoms with Crippen LogP contribution in [-0.4, -0.2) is 37.4 Å². The summed E-state index contributed by atoms with van der Waals surface area (Å²) in [5, 5.41) is 0. The lowest BCUT2D eigenvalue weighted by molar-refractivity contribution is -0.165. The zero-order valence-corrected chi connectivity index (χ0v) is 13.2. The van der Waals surface area contributed by atoms with Crippen molar-refractivity contribution in [2.45, 2.75) is 83.5 Å². The maximum Gasteiger partial charge on any atom is 0.335 e. The number of hydrogen-bond acceptors (Lipinski definition) is 5. The number of carbonyl (C=O) groups is 2. The van der Waals surface area contributed by atoms with Gasteiger partial charge in [-0.15, -0.1) is 0 Å². The van der Waals surface area contributed by atoms with Gasteiger partial charge >= 0.3 is 5.97 Å². The summed E-state index contributed by atoms with van der Waals surface area (Å²) in [6.07, 6.45) is 6.91. The monoisotopic (exact) mass is 300 g/mol. The summed E-state index contributed by atoms with van der Waals surface area (Å²) < 4.78 is 15.9. The molecular formula is C16H28O5. The molecule has 21 heavy (non-hydrogen) atoms. The molecule has 5 nitrogen and oxygen atoms in total. The average molecular weight is 300 g/mol.